The van der Waals surface area contributed by atoms with Crippen LogP contribution in [-0.4, -0.2) is 91.2 Å². The number of phenolic OH excluding ortho intramolecular Hbond substituents is 5. The lowest BCUT2D eigenvalue weighted by Crippen LogP contribution is -2.60. The van der Waals surface area contributed by atoms with Crippen LogP contribution in [0, 0.1) is 0 Å². The smallest absolute Gasteiger partial charge is 0.330 e. The number of benzene rings is 3. The number of methoxy groups -OCH3 is 1. The summed E-state index contributed by atoms with van der Waals surface area (Å²) in [5.74, 6) is -4.21. The molecule has 5 rings (SSSR count). The predicted molar refractivity (Wildman–Crippen MR) is 157 cm³/mol. The number of fused-ring (bicyclic) bond motifs is 1. The number of aromatic hydroxyl groups is 5. The molecule has 1 saturated heterocycles. The molecule has 15 nitrogen and oxygen atoms in total. The zero-order valence-corrected chi connectivity index (χ0v) is 23.8. The second kappa shape index (κ2) is 12.9. The van der Waals surface area contributed by atoms with Gasteiger partial charge in [-0.25, -0.2) is 4.79 Å². The van der Waals surface area contributed by atoms with Crippen molar-refractivity contribution in [1.29, 1.82) is 0 Å². The van der Waals surface area contributed by atoms with Crippen molar-refractivity contribution >= 4 is 23.0 Å². The number of hydrogen-bond acceptors (Lipinski definition) is 15. The summed E-state index contributed by atoms with van der Waals surface area (Å²) in [6.07, 6.45) is -6.32. The highest BCUT2D eigenvalue weighted by molar-refractivity contribution is 5.89. The predicted octanol–water partition coefficient (Wildman–Crippen LogP) is 1.44. The third kappa shape index (κ3) is 6.33. The highest BCUT2D eigenvalue weighted by Gasteiger charge is 2.46. The summed E-state index contributed by atoms with van der Waals surface area (Å²) in [5, 5.41) is 81.2. The Morgan fingerprint density at radius 3 is 2.30 bits per heavy atom. The fourth-order valence-electron chi connectivity index (χ4n) is 4.63. The molecule has 0 bridgehead atoms. The number of rotatable bonds is 8. The van der Waals surface area contributed by atoms with E-state index in [9.17, 15) is 50.4 Å². The van der Waals surface area contributed by atoms with Crippen molar-refractivity contribution < 1.29 is 69.0 Å². The summed E-state index contributed by atoms with van der Waals surface area (Å²) >= 11 is 0. The third-order valence-electron chi connectivity index (χ3n) is 7.11. The Hall–Kier alpha value is -5.48. The topological polar surface area (TPSA) is 246 Å². The van der Waals surface area contributed by atoms with E-state index >= 15 is 0 Å². The Bertz CT molecular complexity index is 1860. The number of carbonyl (C=O) groups is 1. The van der Waals surface area contributed by atoms with Crippen LogP contribution in [0.4, 0.5) is 0 Å². The normalized spacial score (nSPS) is 21.3. The molecule has 0 spiro atoms. The van der Waals surface area contributed by atoms with E-state index < -0.39 is 82.8 Å². The molecule has 15 heteroatoms. The van der Waals surface area contributed by atoms with Crippen LogP contribution in [0.25, 0.3) is 28.4 Å². The Morgan fingerprint density at radius 2 is 1.59 bits per heavy atom. The van der Waals surface area contributed by atoms with E-state index in [-0.39, 0.29) is 28.4 Å². The molecule has 4 aromatic rings. The van der Waals surface area contributed by atoms with Crippen LogP contribution in [0.15, 0.2) is 63.8 Å². The molecule has 8 N–H and O–H groups in total. The number of carbonyl (C=O) groups excluding carboxylic acids is 1. The Labute approximate surface area is 258 Å². The number of phenols is 5. The third-order valence-corrected chi connectivity index (χ3v) is 7.11. The largest absolute Gasteiger partial charge is 0.504 e. The van der Waals surface area contributed by atoms with Crippen molar-refractivity contribution in [2.75, 3.05) is 13.7 Å². The number of hydrogen-bond donors (Lipinski definition) is 8. The van der Waals surface area contributed by atoms with Gasteiger partial charge in [0.15, 0.2) is 39.9 Å². The van der Waals surface area contributed by atoms with Gasteiger partial charge >= 0.3 is 5.97 Å². The lowest BCUT2D eigenvalue weighted by molar-refractivity contribution is -0.278. The highest BCUT2D eigenvalue weighted by Crippen LogP contribution is 2.43. The fourth-order valence-corrected chi connectivity index (χ4v) is 4.63. The van der Waals surface area contributed by atoms with Gasteiger partial charge in [0.05, 0.1) is 7.11 Å². The van der Waals surface area contributed by atoms with Gasteiger partial charge in [0.25, 0.3) is 0 Å². The highest BCUT2D eigenvalue weighted by atomic mass is 16.7. The second-order valence-corrected chi connectivity index (χ2v) is 10.2. The Kier molecular flexibility index (Phi) is 8.93. The summed E-state index contributed by atoms with van der Waals surface area (Å²) in [4.78, 5) is 25.1. The lowest BCUT2D eigenvalue weighted by atomic mass is 9.99. The van der Waals surface area contributed by atoms with Gasteiger partial charge in [-0.1, -0.05) is 6.07 Å². The monoisotopic (exact) mass is 640 g/mol. The minimum atomic E-state index is -1.90. The number of aliphatic hydroxyl groups is 3. The van der Waals surface area contributed by atoms with Crippen LogP contribution in [0.2, 0.25) is 0 Å². The van der Waals surface area contributed by atoms with E-state index in [1.807, 2.05) is 0 Å². The SMILES string of the molecule is COc1cc(/C=C/C(=O)OC[C@H]2O[C@@H](Oc3cc4oc(-c5ccc(O)c(O)c5)cc(=O)c4c(O)c3O)[C@H](O)[C@@H](O)[C@@H]2O)ccc1O. The van der Waals surface area contributed by atoms with Crippen molar-refractivity contribution in [3.8, 4) is 51.6 Å². The van der Waals surface area contributed by atoms with Crippen LogP contribution in [0.5, 0.6) is 40.2 Å². The summed E-state index contributed by atoms with van der Waals surface area (Å²) in [6.45, 7) is -0.612. The maximum atomic E-state index is 12.8. The quantitative estimate of drug-likeness (QED) is 0.0771. The van der Waals surface area contributed by atoms with Gasteiger partial charge < -0.3 is 64.2 Å². The van der Waals surface area contributed by atoms with Crippen molar-refractivity contribution in [2.24, 2.45) is 0 Å². The molecule has 2 heterocycles. The van der Waals surface area contributed by atoms with Crippen LogP contribution in [0.1, 0.15) is 5.56 Å². The first-order valence-corrected chi connectivity index (χ1v) is 13.5. The maximum Gasteiger partial charge on any atom is 0.330 e. The molecule has 0 saturated carbocycles. The molecule has 1 aliphatic heterocycles. The Balaban J connectivity index is 1.34. The molecule has 0 unspecified atom stereocenters. The number of ether oxygens (including phenoxy) is 4. The first-order chi connectivity index (χ1) is 21.9. The molecule has 46 heavy (non-hydrogen) atoms. The standard InChI is InChI=1S/C31H28O15/c1-42-20-8-13(2-5-16(20)33)3-7-24(36)43-12-23-27(38)29(40)30(41)31(46-23)45-22-11-21-25(28(39)26(22)37)18(35)10-19(44-21)14-4-6-15(32)17(34)9-14/h2-11,23,27,29-34,37-41H,12H2,1H3/b7-3+/t23-,27-,29+,30-,31-/m1/s1. The van der Waals surface area contributed by atoms with Crippen molar-refractivity contribution in [2.45, 2.75) is 30.7 Å². The fraction of sp³-hybridized carbons (Fsp3) is 0.226. The molecule has 1 fully saturated rings. The molecular formula is C31H28O15. The van der Waals surface area contributed by atoms with Gasteiger partial charge in [-0.2, -0.15) is 0 Å². The van der Waals surface area contributed by atoms with Gasteiger partial charge in [0.2, 0.25) is 12.0 Å². The van der Waals surface area contributed by atoms with Crippen molar-refractivity contribution in [3.63, 3.8) is 0 Å². The van der Waals surface area contributed by atoms with Crippen LogP contribution in [-0.2, 0) is 14.3 Å². The van der Waals surface area contributed by atoms with Crippen LogP contribution in [0.3, 0.4) is 0 Å². The van der Waals surface area contributed by atoms with Crippen LogP contribution >= 0.6 is 0 Å². The van der Waals surface area contributed by atoms with E-state index in [0.717, 1.165) is 30.3 Å². The number of esters is 1. The van der Waals surface area contributed by atoms with Crippen LogP contribution < -0.4 is 14.9 Å². The molecule has 0 aliphatic carbocycles. The molecular weight excluding hydrogens is 612 g/mol. The Morgan fingerprint density at radius 1 is 0.848 bits per heavy atom. The first kappa shape index (κ1) is 31.9. The van der Waals surface area contributed by atoms with Crippen molar-refractivity contribution in [1.82, 2.24) is 0 Å². The van der Waals surface area contributed by atoms with E-state index in [1.54, 1.807) is 0 Å². The number of aliphatic hydroxyl groups excluding tert-OH is 3. The van der Waals surface area contributed by atoms with Gasteiger partial charge in [-0.3, -0.25) is 4.79 Å². The molecule has 0 amide bonds. The molecule has 1 aromatic heterocycles. The molecule has 242 valence electrons. The van der Waals surface area contributed by atoms with Crippen molar-refractivity contribution in [3.05, 3.63) is 70.4 Å². The zero-order chi connectivity index (χ0) is 33.3. The second-order valence-electron chi connectivity index (χ2n) is 10.2. The lowest BCUT2D eigenvalue weighted by Gasteiger charge is -2.39. The first-order valence-electron chi connectivity index (χ1n) is 13.5. The van der Waals surface area contributed by atoms with E-state index in [4.69, 9.17) is 23.4 Å². The minimum Gasteiger partial charge on any atom is -0.504 e. The minimum absolute atomic E-state index is 0.0863. The zero-order valence-electron chi connectivity index (χ0n) is 23.8. The summed E-state index contributed by atoms with van der Waals surface area (Å²) in [7, 11) is 1.36. The molecule has 0 radical (unpaired) electrons. The van der Waals surface area contributed by atoms with Gasteiger partial charge in [-0.15, -0.1) is 0 Å². The van der Waals surface area contributed by atoms with E-state index in [2.05, 4.69) is 0 Å². The van der Waals surface area contributed by atoms with Gasteiger partial charge in [0.1, 0.15) is 47.8 Å². The molecule has 3 aromatic carbocycles. The summed E-state index contributed by atoms with van der Waals surface area (Å²) in [5.41, 5.74) is -0.399. The van der Waals surface area contributed by atoms with E-state index in [1.165, 1.54) is 37.5 Å². The summed E-state index contributed by atoms with van der Waals surface area (Å²) in [6, 6.07) is 9.98. The average Bonchev–Trinajstić information content (AvgIpc) is 3.03. The van der Waals surface area contributed by atoms with Gasteiger partial charge in [0, 0.05) is 23.8 Å². The molecule has 1 aliphatic rings. The maximum absolute atomic E-state index is 12.8. The van der Waals surface area contributed by atoms with E-state index in [0.29, 0.717) is 5.56 Å². The molecule has 5 atom stereocenters. The average molecular weight is 641 g/mol. The van der Waals surface area contributed by atoms with Gasteiger partial charge in [-0.05, 0) is 42.0 Å². The summed E-state index contributed by atoms with van der Waals surface area (Å²) < 4.78 is 26.9.